The SMILES string of the molecule is CC(O)CNc1nc(Nc2ccc(Cl)c(N)c2)c2nn[nH]c2n1. The van der Waals surface area contributed by atoms with Gasteiger partial charge in [-0.1, -0.05) is 16.8 Å². The Morgan fingerprint density at radius 3 is 2.96 bits per heavy atom. The zero-order chi connectivity index (χ0) is 16.4. The van der Waals surface area contributed by atoms with E-state index in [2.05, 4.69) is 36.0 Å². The fourth-order valence-electron chi connectivity index (χ4n) is 1.91. The number of aliphatic hydroxyl groups excluding tert-OH is 1. The first kappa shape index (κ1) is 15.3. The number of hydrogen-bond acceptors (Lipinski definition) is 8. The van der Waals surface area contributed by atoms with Crippen LogP contribution in [0.3, 0.4) is 0 Å². The number of aromatic nitrogens is 5. The molecule has 9 nitrogen and oxygen atoms in total. The van der Waals surface area contributed by atoms with Gasteiger partial charge in [-0.3, -0.25) is 0 Å². The highest BCUT2D eigenvalue weighted by Crippen LogP contribution is 2.26. The first-order valence-electron chi connectivity index (χ1n) is 6.85. The largest absolute Gasteiger partial charge is 0.397 e. The van der Waals surface area contributed by atoms with E-state index < -0.39 is 6.10 Å². The molecule has 0 bridgehead atoms. The number of aliphatic hydroxyl groups is 1. The van der Waals surface area contributed by atoms with Crippen molar-refractivity contribution in [3.05, 3.63) is 23.2 Å². The average molecular weight is 335 g/mol. The van der Waals surface area contributed by atoms with Crippen LogP contribution in [-0.4, -0.2) is 43.1 Å². The number of nitrogen functional groups attached to an aromatic ring is 1. The van der Waals surface area contributed by atoms with Gasteiger partial charge in [0.2, 0.25) is 5.95 Å². The van der Waals surface area contributed by atoms with Crippen molar-refractivity contribution in [2.75, 3.05) is 22.9 Å². The van der Waals surface area contributed by atoms with Crippen LogP contribution in [0.2, 0.25) is 5.02 Å². The van der Waals surface area contributed by atoms with Gasteiger partial charge in [0.05, 0.1) is 16.8 Å². The van der Waals surface area contributed by atoms with E-state index in [0.29, 0.717) is 45.9 Å². The molecule has 0 aliphatic heterocycles. The topological polar surface area (TPSA) is 138 Å². The van der Waals surface area contributed by atoms with Crippen molar-refractivity contribution in [1.82, 2.24) is 25.4 Å². The molecule has 0 aliphatic carbocycles. The molecule has 2 heterocycles. The zero-order valence-electron chi connectivity index (χ0n) is 12.2. The maximum Gasteiger partial charge on any atom is 0.226 e. The molecule has 6 N–H and O–H groups in total. The average Bonchev–Trinajstić information content (AvgIpc) is 2.97. The van der Waals surface area contributed by atoms with Gasteiger partial charge < -0.3 is 21.5 Å². The molecule has 10 heteroatoms. The Bertz CT molecular complexity index is 834. The number of nitrogens with one attached hydrogen (secondary N) is 3. The molecule has 1 aromatic carbocycles. The van der Waals surface area contributed by atoms with E-state index in [-0.39, 0.29) is 0 Å². The van der Waals surface area contributed by atoms with Crippen molar-refractivity contribution in [3.63, 3.8) is 0 Å². The first-order valence-corrected chi connectivity index (χ1v) is 7.23. The summed E-state index contributed by atoms with van der Waals surface area (Å²) >= 11 is 5.92. The summed E-state index contributed by atoms with van der Waals surface area (Å²) in [6.45, 7) is 1.99. The van der Waals surface area contributed by atoms with E-state index >= 15 is 0 Å². The van der Waals surface area contributed by atoms with E-state index in [1.807, 2.05) is 0 Å². The van der Waals surface area contributed by atoms with Gasteiger partial charge in [0.15, 0.2) is 17.0 Å². The summed E-state index contributed by atoms with van der Waals surface area (Å²) in [6.07, 6.45) is -0.526. The minimum atomic E-state index is -0.526. The van der Waals surface area contributed by atoms with Crippen molar-refractivity contribution in [3.8, 4) is 0 Å². The lowest BCUT2D eigenvalue weighted by molar-refractivity contribution is 0.208. The number of benzene rings is 1. The third kappa shape index (κ3) is 3.41. The van der Waals surface area contributed by atoms with Crippen molar-refractivity contribution in [2.24, 2.45) is 0 Å². The van der Waals surface area contributed by atoms with Crippen LogP contribution in [0.4, 0.5) is 23.1 Å². The lowest BCUT2D eigenvalue weighted by Crippen LogP contribution is -2.17. The molecule has 120 valence electrons. The number of halogens is 1. The molecular formula is C13H15ClN8O. The number of hydrogen-bond donors (Lipinski definition) is 5. The number of anilines is 4. The van der Waals surface area contributed by atoms with Crippen LogP contribution < -0.4 is 16.4 Å². The van der Waals surface area contributed by atoms with Gasteiger partial charge in [-0.05, 0) is 25.1 Å². The second-order valence-corrected chi connectivity index (χ2v) is 5.40. The molecule has 2 aromatic heterocycles. The summed E-state index contributed by atoms with van der Waals surface area (Å²) in [5.74, 6) is 0.799. The maximum atomic E-state index is 9.36. The molecule has 0 amide bonds. The second kappa shape index (κ2) is 6.23. The smallest absolute Gasteiger partial charge is 0.226 e. The molecule has 0 radical (unpaired) electrons. The predicted octanol–water partition coefficient (Wildman–Crippen LogP) is 1.52. The highest BCUT2D eigenvalue weighted by molar-refractivity contribution is 6.33. The van der Waals surface area contributed by atoms with E-state index in [1.54, 1.807) is 25.1 Å². The Labute approximate surface area is 136 Å². The number of nitrogens with two attached hydrogens (primary N) is 1. The zero-order valence-corrected chi connectivity index (χ0v) is 13.0. The van der Waals surface area contributed by atoms with Crippen molar-refractivity contribution < 1.29 is 5.11 Å². The van der Waals surface area contributed by atoms with Crippen LogP contribution in [0.1, 0.15) is 6.92 Å². The van der Waals surface area contributed by atoms with Crippen LogP contribution >= 0.6 is 11.6 Å². The fourth-order valence-corrected chi connectivity index (χ4v) is 2.03. The minimum absolute atomic E-state index is 0.320. The van der Waals surface area contributed by atoms with Gasteiger partial charge in [-0.25, -0.2) is 5.10 Å². The Morgan fingerprint density at radius 1 is 1.39 bits per heavy atom. The van der Waals surface area contributed by atoms with Gasteiger partial charge in [-0.2, -0.15) is 9.97 Å². The van der Waals surface area contributed by atoms with Gasteiger partial charge in [0, 0.05) is 12.2 Å². The number of fused-ring (bicyclic) bond motifs is 1. The van der Waals surface area contributed by atoms with Crippen molar-refractivity contribution >= 4 is 45.9 Å². The molecule has 3 aromatic rings. The van der Waals surface area contributed by atoms with Crippen LogP contribution in [0, 0.1) is 0 Å². The number of H-pyrrole nitrogens is 1. The lowest BCUT2D eigenvalue weighted by atomic mass is 10.3. The Morgan fingerprint density at radius 2 is 2.22 bits per heavy atom. The molecule has 1 unspecified atom stereocenters. The molecule has 0 saturated carbocycles. The second-order valence-electron chi connectivity index (χ2n) is 5.00. The number of rotatable bonds is 5. The molecule has 23 heavy (non-hydrogen) atoms. The van der Waals surface area contributed by atoms with Crippen LogP contribution in [0.25, 0.3) is 11.2 Å². The first-order chi connectivity index (χ1) is 11.0. The monoisotopic (exact) mass is 334 g/mol. The van der Waals surface area contributed by atoms with Crippen LogP contribution in [-0.2, 0) is 0 Å². The fraction of sp³-hybridized carbons (Fsp3) is 0.231. The summed E-state index contributed by atoms with van der Waals surface area (Å²) < 4.78 is 0. The predicted molar refractivity (Wildman–Crippen MR) is 88.8 cm³/mol. The number of aromatic amines is 1. The molecule has 3 rings (SSSR count). The van der Waals surface area contributed by atoms with E-state index in [1.165, 1.54) is 0 Å². The highest BCUT2D eigenvalue weighted by Gasteiger charge is 2.12. The van der Waals surface area contributed by atoms with E-state index in [0.717, 1.165) is 0 Å². The van der Waals surface area contributed by atoms with Gasteiger partial charge in [0.1, 0.15) is 0 Å². The summed E-state index contributed by atoms with van der Waals surface area (Å²) in [5.41, 5.74) is 7.91. The summed E-state index contributed by atoms with van der Waals surface area (Å²) in [5, 5.41) is 26.3. The maximum absolute atomic E-state index is 9.36. The molecular weight excluding hydrogens is 320 g/mol. The quantitative estimate of drug-likeness (QED) is 0.443. The Balaban J connectivity index is 1.94. The van der Waals surface area contributed by atoms with Crippen LogP contribution in [0.15, 0.2) is 18.2 Å². The molecule has 0 spiro atoms. The van der Waals surface area contributed by atoms with Crippen molar-refractivity contribution in [2.45, 2.75) is 13.0 Å². The third-order valence-corrected chi connectivity index (χ3v) is 3.35. The Kier molecular flexibility index (Phi) is 4.13. The van der Waals surface area contributed by atoms with Crippen LogP contribution in [0.5, 0.6) is 0 Å². The van der Waals surface area contributed by atoms with E-state index in [4.69, 9.17) is 17.3 Å². The Hall–Kier alpha value is -2.65. The summed E-state index contributed by atoms with van der Waals surface area (Å²) in [4.78, 5) is 8.59. The molecule has 0 aliphatic rings. The lowest BCUT2D eigenvalue weighted by Gasteiger charge is -2.10. The third-order valence-electron chi connectivity index (χ3n) is 3.00. The molecule has 1 atom stereocenters. The highest BCUT2D eigenvalue weighted by atomic mass is 35.5. The molecule has 0 fully saturated rings. The molecule has 0 saturated heterocycles. The minimum Gasteiger partial charge on any atom is -0.397 e. The summed E-state index contributed by atoms with van der Waals surface area (Å²) in [7, 11) is 0. The van der Waals surface area contributed by atoms with Gasteiger partial charge in [-0.15, -0.1) is 5.10 Å². The normalized spacial score (nSPS) is 12.3. The van der Waals surface area contributed by atoms with Gasteiger partial charge >= 0.3 is 0 Å². The summed E-state index contributed by atoms with van der Waals surface area (Å²) in [6, 6.07) is 5.15. The van der Waals surface area contributed by atoms with E-state index in [9.17, 15) is 5.11 Å². The number of nitrogens with zero attached hydrogens (tertiary/aromatic N) is 4. The standard InChI is InChI=1S/C13H15ClN8O/c1-6(23)5-16-13-18-11(10-12(19-13)21-22-20-10)17-7-2-3-8(14)9(15)4-7/h2-4,6,23H,5,15H2,1H3,(H3,16,17,18,19,20,21,22). The van der Waals surface area contributed by atoms with Gasteiger partial charge in [0.25, 0.3) is 0 Å². The van der Waals surface area contributed by atoms with Crippen molar-refractivity contribution in [1.29, 1.82) is 0 Å².